The van der Waals surface area contributed by atoms with Gasteiger partial charge in [-0.3, -0.25) is 14.3 Å². The number of carboxylic acids is 1. The van der Waals surface area contributed by atoms with Gasteiger partial charge in [0.25, 0.3) is 0 Å². The van der Waals surface area contributed by atoms with E-state index in [-0.39, 0.29) is 18.4 Å². The zero-order chi connectivity index (χ0) is 13.0. The Morgan fingerprint density at radius 2 is 2.44 bits per heavy atom. The third-order valence-corrected chi connectivity index (χ3v) is 2.72. The molecule has 2 N–H and O–H groups in total. The van der Waals surface area contributed by atoms with Gasteiger partial charge in [0.2, 0.25) is 5.91 Å². The molecule has 1 amide bonds. The Kier molecular flexibility index (Phi) is 3.93. The second-order valence-corrected chi connectivity index (χ2v) is 4.20. The molecule has 7 heteroatoms. The van der Waals surface area contributed by atoms with Crippen LogP contribution < -0.4 is 5.32 Å². The van der Waals surface area contributed by atoms with E-state index in [1.165, 1.54) is 10.9 Å². The molecule has 1 fully saturated rings. The molecule has 0 radical (unpaired) electrons. The quantitative estimate of drug-likeness (QED) is 0.806. The first-order chi connectivity index (χ1) is 8.65. The van der Waals surface area contributed by atoms with E-state index in [2.05, 4.69) is 10.4 Å². The second kappa shape index (κ2) is 5.63. The molecule has 18 heavy (non-hydrogen) atoms. The van der Waals surface area contributed by atoms with Gasteiger partial charge in [0.15, 0.2) is 5.82 Å². The van der Waals surface area contributed by atoms with Gasteiger partial charge in [-0.25, -0.2) is 0 Å². The molecule has 0 bridgehead atoms. The molecule has 1 aromatic heterocycles. The molecule has 0 spiro atoms. The molecule has 7 nitrogen and oxygen atoms in total. The molecule has 2 rings (SSSR count). The highest BCUT2D eigenvalue weighted by atomic mass is 16.5. The minimum atomic E-state index is -0.975. The van der Waals surface area contributed by atoms with Crippen LogP contribution in [0.25, 0.3) is 0 Å². The standard InChI is InChI=1S/C11H15N3O4/c15-10(16)6-14-4-3-9(13-14)12-11(17)8-2-1-5-18-7-8/h3-4,8H,1-2,5-7H2,(H,15,16)(H,12,13,17). The predicted octanol–water partition coefficient (Wildman–Crippen LogP) is 0.333. The molecule has 1 atom stereocenters. The molecule has 0 saturated carbocycles. The highest BCUT2D eigenvalue weighted by molar-refractivity contribution is 5.91. The summed E-state index contributed by atoms with van der Waals surface area (Å²) in [6, 6.07) is 1.57. The molecule has 0 aromatic carbocycles. The number of rotatable bonds is 4. The van der Waals surface area contributed by atoms with Gasteiger partial charge in [-0.15, -0.1) is 0 Å². The van der Waals surface area contributed by atoms with E-state index in [4.69, 9.17) is 9.84 Å². The highest BCUT2D eigenvalue weighted by Crippen LogP contribution is 2.15. The zero-order valence-electron chi connectivity index (χ0n) is 9.83. The van der Waals surface area contributed by atoms with E-state index in [1.807, 2.05) is 0 Å². The van der Waals surface area contributed by atoms with Crippen molar-refractivity contribution in [2.24, 2.45) is 5.92 Å². The number of hydrogen-bond donors (Lipinski definition) is 2. The number of nitrogens with one attached hydrogen (secondary N) is 1. The van der Waals surface area contributed by atoms with Crippen molar-refractivity contribution in [3.63, 3.8) is 0 Å². The van der Waals surface area contributed by atoms with Crippen molar-refractivity contribution >= 4 is 17.7 Å². The van der Waals surface area contributed by atoms with Gasteiger partial charge in [0, 0.05) is 18.9 Å². The van der Waals surface area contributed by atoms with Crippen molar-refractivity contribution in [2.45, 2.75) is 19.4 Å². The van der Waals surface area contributed by atoms with E-state index in [0.29, 0.717) is 19.0 Å². The summed E-state index contributed by atoms with van der Waals surface area (Å²) in [6.45, 7) is 0.918. The molecule has 1 unspecified atom stereocenters. The van der Waals surface area contributed by atoms with Crippen LogP contribution in [0.4, 0.5) is 5.82 Å². The summed E-state index contributed by atoms with van der Waals surface area (Å²) >= 11 is 0. The Balaban J connectivity index is 1.90. The average molecular weight is 253 g/mol. The lowest BCUT2D eigenvalue weighted by Gasteiger charge is -2.20. The van der Waals surface area contributed by atoms with Gasteiger partial charge in [0.05, 0.1) is 12.5 Å². The Morgan fingerprint density at radius 3 is 3.11 bits per heavy atom. The second-order valence-electron chi connectivity index (χ2n) is 4.20. The first-order valence-corrected chi connectivity index (χ1v) is 5.79. The van der Waals surface area contributed by atoms with E-state index < -0.39 is 5.97 Å². The maximum absolute atomic E-state index is 11.8. The number of ether oxygens (including phenoxy) is 1. The fraction of sp³-hybridized carbons (Fsp3) is 0.545. The van der Waals surface area contributed by atoms with Crippen LogP contribution in [-0.4, -0.2) is 40.0 Å². The number of carbonyl (C=O) groups is 2. The number of aliphatic carboxylic acids is 1. The third-order valence-electron chi connectivity index (χ3n) is 2.72. The molecule has 0 aliphatic carbocycles. The van der Waals surface area contributed by atoms with Crippen LogP contribution in [0.1, 0.15) is 12.8 Å². The summed E-state index contributed by atoms with van der Waals surface area (Å²) in [5, 5.41) is 15.2. The number of anilines is 1. The minimum Gasteiger partial charge on any atom is -0.480 e. The lowest BCUT2D eigenvalue weighted by atomic mass is 10.0. The van der Waals surface area contributed by atoms with Crippen LogP contribution in [0.5, 0.6) is 0 Å². The van der Waals surface area contributed by atoms with Crippen molar-refractivity contribution in [1.82, 2.24) is 9.78 Å². The number of hydrogen-bond acceptors (Lipinski definition) is 4. The fourth-order valence-corrected chi connectivity index (χ4v) is 1.83. The molecular weight excluding hydrogens is 238 g/mol. The Bertz CT molecular complexity index is 437. The number of amides is 1. The van der Waals surface area contributed by atoms with Gasteiger partial charge in [0.1, 0.15) is 6.54 Å². The van der Waals surface area contributed by atoms with Gasteiger partial charge >= 0.3 is 5.97 Å². The first kappa shape index (κ1) is 12.6. The largest absolute Gasteiger partial charge is 0.480 e. The van der Waals surface area contributed by atoms with Gasteiger partial charge in [-0.05, 0) is 12.8 Å². The smallest absolute Gasteiger partial charge is 0.325 e. The molecule has 2 heterocycles. The van der Waals surface area contributed by atoms with Crippen molar-refractivity contribution in [2.75, 3.05) is 18.5 Å². The van der Waals surface area contributed by atoms with Crippen LogP contribution in [0.15, 0.2) is 12.3 Å². The lowest BCUT2D eigenvalue weighted by molar-refractivity contribution is -0.137. The number of carboxylic acid groups (broad SMARTS) is 1. The van der Waals surface area contributed by atoms with E-state index in [0.717, 1.165) is 12.8 Å². The van der Waals surface area contributed by atoms with Crippen molar-refractivity contribution < 1.29 is 19.4 Å². The monoisotopic (exact) mass is 253 g/mol. The summed E-state index contributed by atoms with van der Waals surface area (Å²) in [5.41, 5.74) is 0. The van der Waals surface area contributed by atoms with Gasteiger partial charge < -0.3 is 15.2 Å². The van der Waals surface area contributed by atoms with Crippen LogP contribution in [0.3, 0.4) is 0 Å². The topological polar surface area (TPSA) is 93.5 Å². The first-order valence-electron chi connectivity index (χ1n) is 5.79. The summed E-state index contributed by atoms with van der Waals surface area (Å²) in [5.74, 6) is -0.887. The van der Waals surface area contributed by atoms with Crippen molar-refractivity contribution in [3.05, 3.63) is 12.3 Å². The van der Waals surface area contributed by atoms with Crippen LogP contribution in [-0.2, 0) is 20.9 Å². The van der Waals surface area contributed by atoms with Gasteiger partial charge in [-0.2, -0.15) is 5.10 Å². The number of aromatic nitrogens is 2. The summed E-state index contributed by atoms with van der Waals surface area (Å²) in [6.07, 6.45) is 3.20. The lowest BCUT2D eigenvalue weighted by Crippen LogP contribution is -2.30. The van der Waals surface area contributed by atoms with Gasteiger partial charge in [-0.1, -0.05) is 0 Å². The average Bonchev–Trinajstić information content (AvgIpc) is 2.76. The van der Waals surface area contributed by atoms with E-state index in [1.54, 1.807) is 6.07 Å². The Morgan fingerprint density at radius 1 is 1.61 bits per heavy atom. The molecule has 1 aliphatic rings. The fourth-order valence-electron chi connectivity index (χ4n) is 1.83. The summed E-state index contributed by atoms with van der Waals surface area (Å²) in [4.78, 5) is 22.3. The Hall–Kier alpha value is -1.89. The maximum atomic E-state index is 11.8. The third kappa shape index (κ3) is 3.30. The summed E-state index contributed by atoms with van der Waals surface area (Å²) in [7, 11) is 0. The normalized spacial score (nSPS) is 19.4. The number of nitrogens with zero attached hydrogens (tertiary/aromatic N) is 2. The van der Waals surface area contributed by atoms with Crippen molar-refractivity contribution in [1.29, 1.82) is 0 Å². The van der Waals surface area contributed by atoms with Crippen LogP contribution in [0, 0.1) is 5.92 Å². The predicted molar refractivity (Wildman–Crippen MR) is 62.0 cm³/mol. The van der Waals surface area contributed by atoms with E-state index in [9.17, 15) is 9.59 Å². The van der Waals surface area contributed by atoms with Crippen LogP contribution >= 0.6 is 0 Å². The highest BCUT2D eigenvalue weighted by Gasteiger charge is 2.22. The maximum Gasteiger partial charge on any atom is 0.325 e. The minimum absolute atomic E-state index is 0.129. The Labute approximate surface area is 104 Å². The molecule has 1 saturated heterocycles. The summed E-state index contributed by atoms with van der Waals surface area (Å²) < 4.78 is 6.49. The van der Waals surface area contributed by atoms with E-state index >= 15 is 0 Å². The molecule has 1 aliphatic heterocycles. The molecule has 98 valence electrons. The molecule has 1 aromatic rings. The van der Waals surface area contributed by atoms with Crippen LogP contribution in [0.2, 0.25) is 0 Å². The number of carbonyl (C=O) groups excluding carboxylic acids is 1. The molecular formula is C11H15N3O4. The van der Waals surface area contributed by atoms with Crippen molar-refractivity contribution in [3.8, 4) is 0 Å². The SMILES string of the molecule is O=C(O)Cn1ccc(NC(=O)C2CCCOC2)n1. The zero-order valence-corrected chi connectivity index (χ0v) is 9.83.